The maximum Gasteiger partial charge on any atom is 0.215 e. The standard InChI is InChI=1S/C21H29N5O.2H2/c1-4-16-13-17(21(22)23-14-16)20(27)18-7-5-8-19(24-18)26-10-6-9-25(11-12-26)15(2)3;;/h5,7-8,13-15H,4,6,9-12H2,1-3H3,(H2,22,23);2*1H. The van der Waals surface area contributed by atoms with Crippen molar-refractivity contribution in [1.29, 1.82) is 0 Å². The lowest BCUT2D eigenvalue weighted by atomic mass is 10.1. The monoisotopic (exact) mass is 371 g/mol. The number of nitrogens with zero attached hydrogens (tertiary/aromatic N) is 4. The lowest BCUT2D eigenvalue weighted by molar-refractivity contribution is 0.103. The number of ketones is 1. The van der Waals surface area contributed by atoms with E-state index in [1.807, 2.05) is 25.1 Å². The van der Waals surface area contributed by atoms with E-state index in [0.29, 0.717) is 17.3 Å². The van der Waals surface area contributed by atoms with Crippen molar-refractivity contribution in [2.75, 3.05) is 36.8 Å². The number of aromatic nitrogens is 2. The molecule has 2 N–H and O–H groups in total. The van der Waals surface area contributed by atoms with Gasteiger partial charge in [-0.05, 0) is 50.5 Å². The highest BCUT2D eigenvalue weighted by Crippen LogP contribution is 2.19. The molecular weight excluding hydrogens is 338 g/mol. The quantitative estimate of drug-likeness (QED) is 0.813. The molecule has 2 aromatic rings. The zero-order chi connectivity index (χ0) is 19.4. The largest absolute Gasteiger partial charge is 0.383 e. The molecule has 6 heteroatoms. The first-order valence-electron chi connectivity index (χ1n) is 9.74. The Balaban J connectivity index is 0.00000210. The summed E-state index contributed by atoms with van der Waals surface area (Å²) in [5.74, 6) is 0.937. The van der Waals surface area contributed by atoms with Gasteiger partial charge in [-0.25, -0.2) is 9.97 Å². The summed E-state index contributed by atoms with van der Waals surface area (Å²) < 4.78 is 0. The molecule has 2 aromatic heterocycles. The van der Waals surface area contributed by atoms with Crippen LogP contribution in [-0.2, 0) is 6.42 Å². The van der Waals surface area contributed by atoms with Crippen LogP contribution in [-0.4, -0.2) is 52.9 Å². The number of nitrogens with two attached hydrogens (primary N) is 1. The van der Waals surface area contributed by atoms with Crippen molar-refractivity contribution < 1.29 is 7.65 Å². The topological polar surface area (TPSA) is 75.3 Å². The molecule has 0 aliphatic carbocycles. The summed E-state index contributed by atoms with van der Waals surface area (Å²) in [4.78, 5) is 26.5. The molecular formula is C21H33N5O. The van der Waals surface area contributed by atoms with E-state index in [1.165, 1.54) is 0 Å². The Morgan fingerprint density at radius 1 is 1.26 bits per heavy atom. The summed E-state index contributed by atoms with van der Waals surface area (Å²) in [6.45, 7) is 10.5. The van der Waals surface area contributed by atoms with Gasteiger partial charge in [0.05, 0.1) is 5.56 Å². The van der Waals surface area contributed by atoms with Crippen LogP contribution < -0.4 is 10.6 Å². The fraction of sp³-hybridized carbons (Fsp3) is 0.476. The average Bonchev–Trinajstić information content (AvgIpc) is 2.94. The average molecular weight is 372 g/mol. The van der Waals surface area contributed by atoms with Crippen LogP contribution in [0.15, 0.2) is 30.5 Å². The molecule has 0 saturated carbocycles. The van der Waals surface area contributed by atoms with Gasteiger partial charge in [-0.3, -0.25) is 9.69 Å². The maximum atomic E-state index is 13.0. The molecule has 6 nitrogen and oxygen atoms in total. The molecule has 0 bridgehead atoms. The van der Waals surface area contributed by atoms with Crippen LogP contribution in [0.3, 0.4) is 0 Å². The molecule has 1 aliphatic heterocycles. The van der Waals surface area contributed by atoms with E-state index >= 15 is 0 Å². The number of rotatable bonds is 5. The van der Waals surface area contributed by atoms with Crippen LogP contribution >= 0.6 is 0 Å². The van der Waals surface area contributed by atoms with E-state index in [4.69, 9.17) is 5.73 Å². The number of hydrogen-bond acceptors (Lipinski definition) is 6. The zero-order valence-corrected chi connectivity index (χ0v) is 16.5. The SMILES string of the molecule is CCc1cnc(N)c(C(=O)c2cccc(N3CCCN(C(C)C)CC3)n2)c1.[HH].[HH]. The summed E-state index contributed by atoms with van der Waals surface area (Å²) in [6, 6.07) is 8.00. The second-order valence-electron chi connectivity index (χ2n) is 7.31. The molecule has 0 atom stereocenters. The van der Waals surface area contributed by atoms with Gasteiger partial charge in [0.1, 0.15) is 17.3 Å². The van der Waals surface area contributed by atoms with Crippen LogP contribution in [0.4, 0.5) is 11.6 Å². The first-order valence-corrected chi connectivity index (χ1v) is 9.74. The van der Waals surface area contributed by atoms with E-state index in [0.717, 1.165) is 50.4 Å². The molecule has 3 rings (SSSR count). The first kappa shape index (κ1) is 19.3. The third-order valence-corrected chi connectivity index (χ3v) is 5.18. The fourth-order valence-corrected chi connectivity index (χ4v) is 3.44. The number of hydrogen-bond donors (Lipinski definition) is 1. The van der Waals surface area contributed by atoms with E-state index < -0.39 is 0 Å². The molecule has 0 aromatic carbocycles. The van der Waals surface area contributed by atoms with E-state index in [-0.39, 0.29) is 14.5 Å². The Morgan fingerprint density at radius 3 is 2.81 bits per heavy atom. The summed E-state index contributed by atoms with van der Waals surface area (Å²) in [5, 5.41) is 0. The van der Waals surface area contributed by atoms with Gasteiger partial charge in [-0.1, -0.05) is 13.0 Å². The second-order valence-corrected chi connectivity index (χ2v) is 7.31. The number of pyridine rings is 2. The van der Waals surface area contributed by atoms with E-state index in [2.05, 4.69) is 33.6 Å². The molecule has 0 unspecified atom stereocenters. The summed E-state index contributed by atoms with van der Waals surface area (Å²) in [6.07, 6.45) is 3.61. The highest BCUT2D eigenvalue weighted by atomic mass is 16.1. The van der Waals surface area contributed by atoms with Gasteiger partial charge in [0.15, 0.2) is 0 Å². The van der Waals surface area contributed by atoms with Gasteiger partial charge < -0.3 is 10.6 Å². The minimum absolute atomic E-state index is 0. The second kappa shape index (κ2) is 8.48. The molecule has 3 heterocycles. The molecule has 1 aliphatic rings. The minimum Gasteiger partial charge on any atom is -0.383 e. The first-order chi connectivity index (χ1) is 13.0. The molecule has 0 amide bonds. The Hall–Kier alpha value is -2.47. The van der Waals surface area contributed by atoms with Gasteiger partial charge in [0.2, 0.25) is 5.78 Å². The molecule has 0 spiro atoms. The number of aryl methyl sites for hydroxylation is 1. The third kappa shape index (κ3) is 4.45. The fourth-order valence-electron chi connectivity index (χ4n) is 3.44. The third-order valence-electron chi connectivity index (χ3n) is 5.18. The Morgan fingerprint density at radius 2 is 2.07 bits per heavy atom. The van der Waals surface area contributed by atoms with Gasteiger partial charge in [-0.2, -0.15) is 0 Å². The Bertz CT molecular complexity index is 815. The van der Waals surface area contributed by atoms with Crippen LogP contribution in [0.1, 0.15) is 51.7 Å². The molecule has 0 radical (unpaired) electrons. The summed E-state index contributed by atoms with van der Waals surface area (Å²) >= 11 is 0. The lowest BCUT2D eigenvalue weighted by Crippen LogP contribution is -2.35. The lowest BCUT2D eigenvalue weighted by Gasteiger charge is -2.25. The predicted molar refractivity (Wildman–Crippen MR) is 113 cm³/mol. The number of carbonyl (C=O) groups excluding carboxylic acids is 1. The van der Waals surface area contributed by atoms with Crippen molar-refractivity contribution in [3.8, 4) is 0 Å². The van der Waals surface area contributed by atoms with Crippen molar-refractivity contribution in [3.05, 3.63) is 47.3 Å². The Kier molecular flexibility index (Phi) is 6.06. The van der Waals surface area contributed by atoms with Crippen LogP contribution in [0.2, 0.25) is 0 Å². The van der Waals surface area contributed by atoms with E-state index in [1.54, 1.807) is 12.3 Å². The van der Waals surface area contributed by atoms with Gasteiger partial charge in [-0.15, -0.1) is 0 Å². The van der Waals surface area contributed by atoms with Gasteiger partial charge in [0.25, 0.3) is 0 Å². The molecule has 148 valence electrons. The highest BCUT2D eigenvalue weighted by molar-refractivity contribution is 6.10. The van der Waals surface area contributed by atoms with Crippen molar-refractivity contribution in [3.63, 3.8) is 0 Å². The highest BCUT2D eigenvalue weighted by Gasteiger charge is 2.20. The van der Waals surface area contributed by atoms with E-state index in [9.17, 15) is 4.79 Å². The molecule has 1 saturated heterocycles. The smallest absolute Gasteiger partial charge is 0.215 e. The zero-order valence-electron chi connectivity index (χ0n) is 16.5. The normalized spacial score (nSPS) is 15.8. The Labute approximate surface area is 164 Å². The number of carbonyl (C=O) groups is 1. The van der Waals surface area contributed by atoms with Gasteiger partial charge in [0, 0.05) is 41.3 Å². The van der Waals surface area contributed by atoms with Crippen molar-refractivity contribution >= 4 is 17.4 Å². The number of nitrogen functional groups attached to an aromatic ring is 1. The summed E-state index contributed by atoms with van der Waals surface area (Å²) in [5.41, 5.74) is 7.79. The van der Waals surface area contributed by atoms with Crippen molar-refractivity contribution in [2.24, 2.45) is 0 Å². The van der Waals surface area contributed by atoms with Crippen LogP contribution in [0.25, 0.3) is 0 Å². The maximum absolute atomic E-state index is 13.0. The minimum atomic E-state index is -0.171. The molecule has 27 heavy (non-hydrogen) atoms. The van der Waals surface area contributed by atoms with Crippen LogP contribution in [0, 0.1) is 0 Å². The van der Waals surface area contributed by atoms with Gasteiger partial charge >= 0.3 is 0 Å². The number of anilines is 2. The van der Waals surface area contributed by atoms with Crippen LogP contribution in [0.5, 0.6) is 0 Å². The predicted octanol–water partition coefficient (Wildman–Crippen LogP) is 3.26. The summed E-state index contributed by atoms with van der Waals surface area (Å²) in [7, 11) is 0. The van der Waals surface area contributed by atoms with Crippen molar-refractivity contribution in [2.45, 2.75) is 39.7 Å². The molecule has 1 fully saturated rings. The van der Waals surface area contributed by atoms with Crippen molar-refractivity contribution in [1.82, 2.24) is 14.9 Å².